The van der Waals surface area contributed by atoms with E-state index in [0.29, 0.717) is 6.54 Å². The molecule has 0 fully saturated rings. The molecule has 0 spiro atoms. The maximum absolute atomic E-state index is 12.1. The van der Waals surface area contributed by atoms with E-state index < -0.39 is 0 Å². The van der Waals surface area contributed by atoms with Gasteiger partial charge in [-0.3, -0.25) is 4.79 Å². The molecule has 0 heterocycles. The number of halogens is 1. The van der Waals surface area contributed by atoms with E-state index in [2.05, 4.69) is 41.4 Å². The van der Waals surface area contributed by atoms with E-state index in [-0.39, 0.29) is 31.0 Å². The molecule has 0 aromatic heterocycles. The van der Waals surface area contributed by atoms with Gasteiger partial charge in [-0.05, 0) is 45.1 Å². The molecule has 0 saturated heterocycles. The third-order valence-corrected chi connectivity index (χ3v) is 4.03. The number of nitrogens with one attached hydrogen (secondary N) is 1. The number of benzene rings is 2. The van der Waals surface area contributed by atoms with Crippen LogP contribution in [0.2, 0.25) is 0 Å². The van der Waals surface area contributed by atoms with E-state index in [9.17, 15) is 4.79 Å². The molecule has 4 nitrogen and oxygen atoms in total. The zero-order valence-corrected chi connectivity index (χ0v) is 16.1. The standard InChI is InChI=1S/C20H26N2O2.ClH/c1-15-9-11-17(12-10-15)18(22(3)4)13-21-20(23)14-24-19-8-6-5-7-16(19)2;/h5-12,18H,13-14H2,1-4H3,(H,21,23);1H. The molecule has 5 heteroatoms. The molecule has 25 heavy (non-hydrogen) atoms. The van der Waals surface area contributed by atoms with E-state index in [1.54, 1.807) is 0 Å². The Morgan fingerprint density at radius 1 is 1.08 bits per heavy atom. The van der Waals surface area contributed by atoms with Gasteiger partial charge in [-0.1, -0.05) is 48.0 Å². The normalized spacial score (nSPS) is 11.6. The van der Waals surface area contributed by atoms with Crippen molar-refractivity contribution in [2.24, 2.45) is 0 Å². The highest BCUT2D eigenvalue weighted by molar-refractivity contribution is 5.85. The quantitative estimate of drug-likeness (QED) is 0.819. The number of rotatable bonds is 7. The Morgan fingerprint density at radius 3 is 2.32 bits per heavy atom. The lowest BCUT2D eigenvalue weighted by Crippen LogP contribution is -2.36. The molecule has 2 aromatic carbocycles. The molecule has 2 aromatic rings. The fourth-order valence-corrected chi connectivity index (χ4v) is 2.51. The van der Waals surface area contributed by atoms with Gasteiger partial charge >= 0.3 is 0 Å². The first-order valence-electron chi connectivity index (χ1n) is 8.15. The van der Waals surface area contributed by atoms with Crippen molar-refractivity contribution < 1.29 is 9.53 Å². The minimum Gasteiger partial charge on any atom is -0.484 e. The van der Waals surface area contributed by atoms with Gasteiger partial charge in [0, 0.05) is 6.54 Å². The lowest BCUT2D eigenvalue weighted by Gasteiger charge is -2.25. The van der Waals surface area contributed by atoms with Crippen LogP contribution in [0, 0.1) is 13.8 Å². The second kappa shape index (κ2) is 10.1. The van der Waals surface area contributed by atoms with E-state index in [4.69, 9.17) is 4.74 Å². The molecule has 1 atom stereocenters. The van der Waals surface area contributed by atoms with E-state index >= 15 is 0 Å². The molecule has 136 valence electrons. The van der Waals surface area contributed by atoms with Crippen LogP contribution in [0.4, 0.5) is 0 Å². The van der Waals surface area contributed by atoms with Crippen LogP contribution in [0.3, 0.4) is 0 Å². The van der Waals surface area contributed by atoms with E-state index in [1.807, 2.05) is 45.3 Å². The van der Waals surface area contributed by atoms with Gasteiger partial charge in [0.25, 0.3) is 5.91 Å². The summed E-state index contributed by atoms with van der Waals surface area (Å²) < 4.78 is 5.59. The summed E-state index contributed by atoms with van der Waals surface area (Å²) in [7, 11) is 4.03. The first-order chi connectivity index (χ1) is 11.5. The number of likely N-dealkylation sites (N-methyl/N-ethyl adjacent to an activating group) is 1. The average molecular weight is 363 g/mol. The third kappa shape index (κ3) is 6.40. The first kappa shape index (κ1) is 21.0. The molecular weight excluding hydrogens is 336 g/mol. The fourth-order valence-electron chi connectivity index (χ4n) is 2.51. The number of carbonyl (C=O) groups excluding carboxylic acids is 1. The van der Waals surface area contributed by atoms with Crippen LogP contribution in [0.5, 0.6) is 5.75 Å². The number of carbonyl (C=O) groups is 1. The second-order valence-electron chi connectivity index (χ2n) is 6.25. The molecule has 0 aliphatic rings. The van der Waals surface area contributed by atoms with Crippen LogP contribution in [-0.4, -0.2) is 38.1 Å². The summed E-state index contributed by atoms with van der Waals surface area (Å²) in [6.45, 7) is 4.61. The minimum absolute atomic E-state index is 0. The number of amides is 1. The number of aryl methyl sites for hydroxylation is 2. The Morgan fingerprint density at radius 2 is 1.72 bits per heavy atom. The predicted octanol–water partition coefficient (Wildman–Crippen LogP) is 3.52. The summed E-state index contributed by atoms with van der Waals surface area (Å²) in [4.78, 5) is 14.2. The number of ether oxygens (including phenoxy) is 1. The van der Waals surface area contributed by atoms with Crippen LogP contribution in [0.1, 0.15) is 22.7 Å². The van der Waals surface area contributed by atoms with Crippen LogP contribution in [-0.2, 0) is 4.79 Å². The molecule has 0 aliphatic heterocycles. The van der Waals surface area contributed by atoms with Crippen molar-refractivity contribution in [3.05, 3.63) is 65.2 Å². The van der Waals surface area contributed by atoms with Crippen molar-refractivity contribution in [2.75, 3.05) is 27.2 Å². The topological polar surface area (TPSA) is 41.6 Å². The zero-order valence-electron chi connectivity index (χ0n) is 15.3. The maximum Gasteiger partial charge on any atom is 0.258 e. The number of hydrogen-bond acceptors (Lipinski definition) is 3. The Balaban J connectivity index is 0.00000312. The van der Waals surface area contributed by atoms with Gasteiger partial charge in [-0.2, -0.15) is 0 Å². The Bertz CT molecular complexity index is 672. The maximum atomic E-state index is 12.1. The van der Waals surface area contributed by atoms with Gasteiger partial charge in [0.15, 0.2) is 6.61 Å². The van der Waals surface area contributed by atoms with Crippen LogP contribution in [0.25, 0.3) is 0 Å². The Labute approximate surface area is 156 Å². The summed E-state index contributed by atoms with van der Waals surface area (Å²) in [5, 5.41) is 2.96. The minimum atomic E-state index is -0.114. The van der Waals surface area contributed by atoms with Crippen LogP contribution >= 0.6 is 12.4 Å². The lowest BCUT2D eigenvalue weighted by atomic mass is 10.0. The largest absolute Gasteiger partial charge is 0.484 e. The summed E-state index contributed by atoms with van der Waals surface area (Å²) in [6, 6.07) is 16.2. The van der Waals surface area contributed by atoms with Crippen molar-refractivity contribution in [1.82, 2.24) is 10.2 Å². The van der Waals surface area contributed by atoms with Gasteiger partial charge in [0.05, 0.1) is 6.04 Å². The molecule has 2 rings (SSSR count). The van der Waals surface area contributed by atoms with Crippen molar-refractivity contribution in [2.45, 2.75) is 19.9 Å². The highest BCUT2D eigenvalue weighted by Crippen LogP contribution is 2.18. The van der Waals surface area contributed by atoms with Gasteiger partial charge in [0.2, 0.25) is 0 Å². The van der Waals surface area contributed by atoms with E-state index in [0.717, 1.165) is 11.3 Å². The van der Waals surface area contributed by atoms with Crippen molar-refractivity contribution >= 4 is 18.3 Å². The number of nitrogens with zero attached hydrogens (tertiary/aromatic N) is 1. The zero-order chi connectivity index (χ0) is 17.5. The van der Waals surface area contributed by atoms with Crippen molar-refractivity contribution in [1.29, 1.82) is 0 Å². The third-order valence-electron chi connectivity index (χ3n) is 4.03. The summed E-state index contributed by atoms with van der Waals surface area (Å²) in [5.74, 6) is 0.632. The van der Waals surface area contributed by atoms with Gasteiger partial charge < -0.3 is 15.0 Å². The molecule has 0 bridgehead atoms. The molecule has 1 amide bonds. The SMILES string of the molecule is Cc1ccc(C(CNC(=O)COc2ccccc2C)N(C)C)cc1.Cl. The number of hydrogen-bond donors (Lipinski definition) is 1. The highest BCUT2D eigenvalue weighted by atomic mass is 35.5. The Hall–Kier alpha value is -2.04. The predicted molar refractivity (Wildman–Crippen MR) is 105 cm³/mol. The highest BCUT2D eigenvalue weighted by Gasteiger charge is 2.15. The summed E-state index contributed by atoms with van der Waals surface area (Å²) in [6.07, 6.45) is 0. The molecule has 0 radical (unpaired) electrons. The molecule has 1 unspecified atom stereocenters. The molecular formula is C20H27ClN2O2. The molecule has 0 aliphatic carbocycles. The van der Waals surface area contributed by atoms with Crippen LogP contribution < -0.4 is 10.1 Å². The van der Waals surface area contributed by atoms with Crippen molar-refractivity contribution in [3.8, 4) is 5.75 Å². The summed E-state index contributed by atoms with van der Waals surface area (Å²) in [5.41, 5.74) is 3.44. The van der Waals surface area contributed by atoms with E-state index in [1.165, 1.54) is 11.1 Å². The summed E-state index contributed by atoms with van der Waals surface area (Å²) >= 11 is 0. The smallest absolute Gasteiger partial charge is 0.258 e. The average Bonchev–Trinajstić information content (AvgIpc) is 2.55. The van der Waals surface area contributed by atoms with Crippen LogP contribution in [0.15, 0.2) is 48.5 Å². The number of para-hydroxylation sites is 1. The first-order valence-corrected chi connectivity index (χ1v) is 8.15. The fraction of sp³-hybridized carbons (Fsp3) is 0.350. The lowest BCUT2D eigenvalue weighted by molar-refractivity contribution is -0.123. The Kier molecular flexibility index (Phi) is 8.46. The monoisotopic (exact) mass is 362 g/mol. The van der Waals surface area contributed by atoms with Gasteiger partial charge in [0.1, 0.15) is 5.75 Å². The van der Waals surface area contributed by atoms with Gasteiger partial charge in [-0.15, -0.1) is 12.4 Å². The second-order valence-corrected chi connectivity index (χ2v) is 6.25. The molecule has 0 saturated carbocycles. The molecule has 1 N–H and O–H groups in total. The van der Waals surface area contributed by atoms with Gasteiger partial charge in [-0.25, -0.2) is 0 Å². The van der Waals surface area contributed by atoms with Crippen molar-refractivity contribution in [3.63, 3.8) is 0 Å².